The van der Waals surface area contributed by atoms with E-state index in [0.29, 0.717) is 11.3 Å². The lowest BCUT2D eigenvalue weighted by molar-refractivity contribution is 0.457. The molecule has 0 spiro atoms. The molecule has 0 aliphatic heterocycles. The maximum absolute atomic E-state index is 10.3. The summed E-state index contributed by atoms with van der Waals surface area (Å²) in [5, 5.41) is 10.3. The molecule has 1 N–H and O–H groups in total. The number of phenols is 1. The van der Waals surface area contributed by atoms with Gasteiger partial charge in [0.15, 0.2) is 0 Å². The molecule has 2 heteroatoms. The summed E-state index contributed by atoms with van der Waals surface area (Å²) in [5.74, 6) is 1.68. The molecule has 0 heterocycles. The van der Waals surface area contributed by atoms with Gasteiger partial charge in [-0.05, 0) is 55.7 Å². The number of hydrogen-bond donors (Lipinski definition) is 1. The van der Waals surface area contributed by atoms with E-state index in [2.05, 4.69) is 13.0 Å². The fourth-order valence-corrected chi connectivity index (χ4v) is 2.57. The lowest BCUT2D eigenvalue weighted by Gasteiger charge is -2.15. The van der Waals surface area contributed by atoms with Gasteiger partial charge in [-0.2, -0.15) is 0 Å². The number of aryl methyl sites for hydroxylation is 2. The predicted octanol–water partition coefficient (Wildman–Crippen LogP) is 5.78. The zero-order chi connectivity index (χ0) is 16.4. The summed E-state index contributed by atoms with van der Waals surface area (Å²) < 4.78 is 6.13. The van der Waals surface area contributed by atoms with E-state index < -0.39 is 0 Å². The van der Waals surface area contributed by atoms with Crippen molar-refractivity contribution in [1.82, 2.24) is 0 Å². The molecule has 3 aromatic carbocycles. The summed E-state index contributed by atoms with van der Waals surface area (Å²) in [6, 6.07) is 19.4. The third-order valence-electron chi connectivity index (χ3n) is 4.12. The Hall–Kier alpha value is -2.74. The second-order valence-electron chi connectivity index (χ2n) is 5.82. The van der Waals surface area contributed by atoms with Crippen LogP contribution in [0.25, 0.3) is 11.1 Å². The van der Waals surface area contributed by atoms with Crippen LogP contribution in [0.4, 0.5) is 0 Å². The van der Waals surface area contributed by atoms with E-state index >= 15 is 0 Å². The lowest BCUT2D eigenvalue weighted by atomic mass is 10.0. The van der Waals surface area contributed by atoms with E-state index in [-0.39, 0.29) is 5.75 Å². The largest absolute Gasteiger partial charge is 0.507 e. The van der Waals surface area contributed by atoms with Crippen molar-refractivity contribution in [2.24, 2.45) is 0 Å². The fraction of sp³-hybridized carbons (Fsp3) is 0.143. The van der Waals surface area contributed by atoms with Crippen LogP contribution in [0, 0.1) is 20.8 Å². The van der Waals surface area contributed by atoms with Gasteiger partial charge in [-0.25, -0.2) is 0 Å². The molecule has 23 heavy (non-hydrogen) atoms. The molecule has 0 amide bonds. The van der Waals surface area contributed by atoms with Gasteiger partial charge in [0.05, 0.1) is 5.56 Å². The number of benzene rings is 3. The maximum Gasteiger partial charge on any atom is 0.138 e. The monoisotopic (exact) mass is 304 g/mol. The van der Waals surface area contributed by atoms with Crippen LogP contribution in [-0.4, -0.2) is 5.11 Å². The normalized spacial score (nSPS) is 10.6. The van der Waals surface area contributed by atoms with E-state index in [1.165, 1.54) is 11.1 Å². The van der Waals surface area contributed by atoms with Crippen LogP contribution in [0.1, 0.15) is 16.7 Å². The molecule has 116 valence electrons. The average molecular weight is 304 g/mol. The molecule has 0 saturated heterocycles. The van der Waals surface area contributed by atoms with Crippen molar-refractivity contribution in [2.45, 2.75) is 20.8 Å². The first-order valence-electron chi connectivity index (χ1n) is 7.69. The molecule has 0 fully saturated rings. The zero-order valence-electron chi connectivity index (χ0n) is 13.6. The van der Waals surface area contributed by atoms with Crippen molar-refractivity contribution >= 4 is 0 Å². The minimum Gasteiger partial charge on any atom is -0.507 e. The Morgan fingerprint density at radius 1 is 0.739 bits per heavy atom. The topological polar surface area (TPSA) is 29.5 Å². The quantitative estimate of drug-likeness (QED) is 0.665. The van der Waals surface area contributed by atoms with Gasteiger partial charge in [-0.1, -0.05) is 48.0 Å². The molecule has 0 aliphatic carbocycles. The van der Waals surface area contributed by atoms with Crippen LogP contribution in [0.2, 0.25) is 0 Å². The molecule has 0 aliphatic rings. The van der Waals surface area contributed by atoms with E-state index in [1.807, 2.05) is 56.3 Å². The summed E-state index contributed by atoms with van der Waals surface area (Å²) >= 11 is 0. The van der Waals surface area contributed by atoms with Gasteiger partial charge in [-0.15, -0.1) is 0 Å². The number of rotatable bonds is 3. The second-order valence-corrected chi connectivity index (χ2v) is 5.82. The zero-order valence-corrected chi connectivity index (χ0v) is 13.6. The van der Waals surface area contributed by atoms with Gasteiger partial charge >= 0.3 is 0 Å². The van der Waals surface area contributed by atoms with E-state index in [9.17, 15) is 5.11 Å². The van der Waals surface area contributed by atoms with Crippen molar-refractivity contribution in [3.8, 4) is 28.4 Å². The molecule has 0 atom stereocenters. The van der Waals surface area contributed by atoms with Crippen LogP contribution >= 0.6 is 0 Å². The highest BCUT2D eigenvalue weighted by Crippen LogP contribution is 2.40. The smallest absolute Gasteiger partial charge is 0.138 e. The van der Waals surface area contributed by atoms with Gasteiger partial charge in [0.2, 0.25) is 0 Å². The van der Waals surface area contributed by atoms with Crippen LogP contribution < -0.4 is 4.74 Å². The number of aromatic hydroxyl groups is 1. The summed E-state index contributed by atoms with van der Waals surface area (Å²) in [5.41, 5.74) is 5.12. The lowest BCUT2D eigenvalue weighted by Crippen LogP contribution is -1.92. The molecule has 3 rings (SSSR count). The van der Waals surface area contributed by atoms with Gasteiger partial charge in [0, 0.05) is 0 Å². The number of hydrogen-bond acceptors (Lipinski definition) is 2. The third-order valence-corrected chi connectivity index (χ3v) is 4.12. The van der Waals surface area contributed by atoms with E-state index in [0.717, 1.165) is 16.9 Å². The average Bonchev–Trinajstić information content (AvgIpc) is 2.53. The molecular weight excluding hydrogens is 284 g/mol. The third kappa shape index (κ3) is 3.07. The molecule has 0 unspecified atom stereocenters. The SMILES string of the molecule is Cc1ccc(-c2c(O)cccc2Oc2cccc(C)c2C)cc1. The summed E-state index contributed by atoms with van der Waals surface area (Å²) in [4.78, 5) is 0. The minimum atomic E-state index is 0.219. The van der Waals surface area contributed by atoms with Crippen LogP contribution in [-0.2, 0) is 0 Å². The Labute approximate surface area is 137 Å². The Morgan fingerprint density at radius 2 is 1.39 bits per heavy atom. The van der Waals surface area contributed by atoms with Gasteiger partial charge in [0.25, 0.3) is 0 Å². The fourth-order valence-electron chi connectivity index (χ4n) is 2.57. The van der Waals surface area contributed by atoms with Gasteiger partial charge < -0.3 is 9.84 Å². The molecule has 0 saturated carbocycles. The Morgan fingerprint density at radius 3 is 2.13 bits per heavy atom. The summed E-state index contributed by atoms with van der Waals surface area (Å²) in [6.45, 7) is 6.15. The minimum absolute atomic E-state index is 0.219. The molecule has 3 aromatic rings. The summed E-state index contributed by atoms with van der Waals surface area (Å²) in [6.07, 6.45) is 0. The highest BCUT2D eigenvalue weighted by molar-refractivity contribution is 5.77. The first kappa shape index (κ1) is 15.2. The number of ether oxygens (including phenoxy) is 1. The number of phenolic OH excluding ortho intramolecular Hbond substituents is 1. The Kier molecular flexibility index (Phi) is 4.07. The van der Waals surface area contributed by atoms with Crippen molar-refractivity contribution in [3.63, 3.8) is 0 Å². The maximum atomic E-state index is 10.3. The van der Waals surface area contributed by atoms with Crippen molar-refractivity contribution < 1.29 is 9.84 Å². The summed E-state index contributed by atoms with van der Waals surface area (Å²) in [7, 11) is 0. The first-order valence-corrected chi connectivity index (χ1v) is 7.69. The van der Waals surface area contributed by atoms with Crippen molar-refractivity contribution in [3.05, 3.63) is 77.4 Å². The highest BCUT2D eigenvalue weighted by atomic mass is 16.5. The van der Waals surface area contributed by atoms with Crippen molar-refractivity contribution in [1.29, 1.82) is 0 Å². The highest BCUT2D eigenvalue weighted by Gasteiger charge is 2.13. The second kappa shape index (κ2) is 6.17. The first-order chi connectivity index (χ1) is 11.1. The van der Waals surface area contributed by atoms with Gasteiger partial charge in [0.1, 0.15) is 17.2 Å². The molecule has 0 radical (unpaired) electrons. The molecule has 2 nitrogen and oxygen atoms in total. The van der Waals surface area contributed by atoms with Gasteiger partial charge in [-0.3, -0.25) is 0 Å². The Balaban J connectivity index is 2.08. The van der Waals surface area contributed by atoms with E-state index in [1.54, 1.807) is 12.1 Å². The molecule has 0 bridgehead atoms. The van der Waals surface area contributed by atoms with Crippen LogP contribution in [0.3, 0.4) is 0 Å². The van der Waals surface area contributed by atoms with Crippen molar-refractivity contribution in [2.75, 3.05) is 0 Å². The van der Waals surface area contributed by atoms with Crippen LogP contribution in [0.15, 0.2) is 60.7 Å². The predicted molar refractivity (Wildman–Crippen MR) is 94.3 cm³/mol. The standard InChI is InChI=1S/C21H20O2/c1-14-10-12-17(13-11-14)21-18(22)7-5-9-20(21)23-19-8-4-6-15(2)16(19)3/h4-13,22H,1-3H3. The molecule has 0 aromatic heterocycles. The van der Waals surface area contributed by atoms with E-state index in [4.69, 9.17) is 4.74 Å². The molecular formula is C21H20O2. The van der Waals surface area contributed by atoms with Crippen LogP contribution in [0.5, 0.6) is 17.2 Å². The Bertz CT molecular complexity index is 833.